The second kappa shape index (κ2) is 10.9. The van der Waals surface area contributed by atoms with Crippen molar-refractivity contribution in [1.82, 2.24) is 10.3 Å². The molecule has 0 bridgehead atoms. The number of thiazole rings is 1. The molecule has 0 fully saturated rings. The van der Waals surface area contributed by atoms with Gasteiger partial charge in [0, 0.05) is 28.6 Å². The summed E-state index contributed by atoms with van der Waals surface area (Å²) in [6.07, 6.45) is 0. The van der Waals surface area contributed by atoms with Crippen molar-refractivity contribution in [3.63, 3.8) is 0 Å². The SMILES string of the molecule is Cc1nc(CSc2ccccc2C(=O)N[C@@H](C)CN)cs1.Cl.Cl. The van der Waals surface area contributed by atoms with Gasteiger partial charge in [-0.25, -0.2) is 4.98 Å². The number of hydrogen-bond donors (Lipinski definition) is 2. The van der Waals surface area contributed by atoms with Gasteiger partial charge in [0.1, 0.15) is 0 Å². The van der Waals surface area contributed by atoms with Crippen molar-refractivity contribution in [2.75, 3.05) is 6.54 Å². The lowest BCUT2D eigenvalue weighted by Crippen LogP contribution is -2.37. The van der Waals surface area contributed by atoms with Crippen LogP contribution in [0.1, 0.15) is 28.0 Å². The lowest BCUT2D eigenvalue weighted by atomic mass is 10.2. The summed E-state index contributed by atoms with van der Waals surface area (Å²) >= 11 is 3.27. The van der Waals surface area contributed by atoms with E-state index in [0.717, 1.165) is 21.3 Å². The number of benzene rings is 1. The summed E-state index contributed by atoms with van der Waals surface area (Å²) in [5.41, 5.74) is 7.29. The van der Waals surface area contributed by atoms with Crippen LogP contribution in [0.25, 0.3) is 0 Å². The minimum absolute atomic E-state index is 0. The first-order valence-electron chi connectivity index (χ1n) is 6.74. The molecule has 2 rings (SSSR count). The quantitative estimate of drug-likeness (QED) is 0.734. The number of nitrogens with zero attached hydrogens (tertiary/aromatic N) is 1. The Morgan fingerprint density at radius 1 is 1.39 bits per heavy atom. The van der Waals surface area contributed by atoms with Crippen LogP contribution in [0.2, 0.25) is 0 Å². The molecule has 0 radical (unpaired) electrons. The Hall–Kier alpha value is -0.790. The predicted octanol–water partition coefficient (Wildman–Crippen LogP) is 3.66. The number of amides is 1. The van der Waals surface area contributed by atoms with Gasteiger partial charge in [-0.2, -0.15) is 0 Å². The predicted molar refractivity (Wildman–Crippen MR) is 103 cm³/mol. The minimum atomic E-state index is -0.0782. The lowest BCUT2D eigenvalue weighted by molar-refractivity contribution is 0.0938. The van der Waals surface area contributed by atoms with E-state index in [1.807, 2.05) is 38.1 Å². The van der Waals surface area contributed by atoms with Crippen molar-refractivity contribution in [1.29, 1.82) is 0 Å². The van der Waals surface area contributed by atoms with Crippen LogP contribution in [0.4, 0.5) is 0 Å². The fourth-order valence-electron chi connectivity index (χ4n) is 1.77. The number of thioether (sulfide) groups is 1. The second-order valence-electron chi connectivity index (χ2n) is 4.75. The van der Waals surface area contributed by atoms with Crippen molar-refractivity contribution in [2.24, 2.45) is 5.73 Å². The molecule has 0 unspecified atom stereocenters. The number of rotatable bonds is 6. The van der Waals surface area contributed by atoms with Crippen LogP contribution in [-0.4, -0.2) is 23.5 Å². The number of carbonyl (C=O) groups excluding carboxylic acids is 1. The van der Waals surface area contributed by atoms with Crippen LogP contribution in [0.5, 0.6) is 0 Å². The number of aromatic nitrogens is 1. The fraction of sp³-hybridized carbons (Fsp3) is 0.333. The molecular weight excluding hydrogens is 373 g/mol. The Labute approximate surface area is 157 Å². The molecule has 3 N–H and O–H groups in total. The van der Waals surface area contributed by atoms with Gasteiger partial charge in [0.15, 0.2) is 0 Å². The molecule has 1 aromatic carbocycles. The van der Waals surface area contributed by atoms with Gasteiger partial charge in [-0.05, 0) is 26.0 Å². The largest absolute Gasteiger partial charge is 0.348 e. The summed E-state index contributed by atoms with van der Waals surface area (Å²) in [4.78, 5) is 17.7. The standard InChI is InChI=1S/C15H19N3OS2.2ClH/c1-10(7-16)17-15(19)13-5-3-4-6-14(13)21-9-12-8-20-11(2)18-12;;/h3-6,8,10H,7,9,16H2,1-2H3,(H,17,19);2*1H/t10-;;/m0../s1. The van der Waals surface area contributed by atoms with Crippen molar-refractivity contribution >= 4 is 53.8 Å². The van der Waals surface area contributed by atoms with Crippen LogP contribution in [-0.2, 0) is 5.75 Å². The molecule has 128 valence electrons. The normalized spacial score (nSPS) is 11.1. The maximum absolute atomic E-state index is 12.3. The average molecular weight is 394 g/mol. The molecule has 0 aliphatic rings. The zero-order chi connectivity index (χ0) is 15.2. The monoisotopic (exact) mass is 393 g/mol. The maximum Gasteiger partial charge on any atom is 0.252 e. The first-order valence-corrected chi connectivity index (χ1v) is 8.60. The summed E-state index contributed by atoms with van der Waals surface area (Å²) in [6.45, 7) is 4.32. The third-order valence-corrected chi connectivity index (χ3v) is 4.83. The number of nitrogens with one attached hydrogen (secondary N) is 1. The zero-order valence-corrected chi connectivity index (χ0v) is 16.2. The van der Waals surface area contributed by atoms with Crippen molar-refractivity contribution in [2.45, 2.75) is 30.5 Å². The first kappa shape index (κ1) is 22.2. The van der Waals surface area contributed by atoms with E-state index >= 15 is 0 Å². The molecular formula is C15H21Cl2N3OS2. The number of nitrogens with two attached hydrogens (primary N) is 1. The summed E-state index contributed by atoms with van der Waals surface area (Å²) in [5, 5.41) is 6.02. The number of aryl methyl sites for hydroxylation is 1. The first-order chi connectivity index (χ1) is 10.1. The smallest absolute Gasteiger partial charge is 0.252 e. The Morgan fingerprint density at radius 2 is 2.09 bits per heavy atom. The van der Waals surface area contributed by atoms with E-state index in [-0.39, 0.29) is 36.8 Å². The molecule has 4 nitrogen and oxygen atoms in total. The van der Waals surface area contributed by atoms with Gasteiger partial charge in [0.25, 0.3) is 5.91 Å². The Morgan fingerprint density at radius 3 is 2.70 bits per heavy atom. The highest BCUT2D eigenvalue weighted by molar-refractivity contribution is 7.98. The van der Waals surface area contributed by atoms with Gasteiger partial charge in [-0.3, -0.25) is 4.79 Å². The molecule has 1 atom stereocenters. The van der Waals surface area contributed by atoms with E-state index in [1.54, 1.807) is 23.1 Å². The van der Waals surface area contributed by atoms with Gasteiger partial charge in [0.05, 0.1) is 16.3 Å². The van der Waals surface area contributed by atoms with Crippen LogP contribution >= 0.6 is 47.9 Å². The summed E-state index contributed by atoms with van der Waals surface area (Å²) < 4.78 is 0. The van der Waals surface area contributed by atoms with Gasteiger partial charge in [0.2, 0.25) is 0 Å². The second-order valence-corrected chi connectivity index (χ2v) is 6.83. The van der Waals surface area contributed by atoms with E-state index in [4.69, 9.17) is 5.73 Å². The van der Waals surface area contributed by atoms with E-state index in [9.17, 15) is 4.79 Å². The van der Waals surface area contributed by atoms with Crippen molar-refractivity contribution in [3.8, 4) is 0 Å². The lowest BCUT2D eigenvalue weighted by Gasteiger charge is -2.13. The molecule has 1 aromatic heterocycles. The van der Waals surface area contributed by atoms with Gasteiger partial charge < -0.3 is 11.1 Å². The third-order valence-electron chi connectivity index (χ3n) is 2.90. The molecule has 23 heavy (non-hydrogen) atoms. The van der Waals surface area contributed by atoms with Crippen LogP contribution in [0.15, 0.2) is 34.5 Å². The molecule has 0 saturated carbocycles. The molecule has 2 aromatic rings. The Bertz CT molecular complexity index is 622. The van der Waals surface area contributed by atoms with E-state index in [1.165, 1.54) is 0 Å². The Balaban J connectivity index is 0.00000242. The van der Waals surface area contributed by atoms with E-state index in [2.05, 4.69) is 15.7 Å². The molecule has 0 saturated heterocycles. The summed E-state index contributed by atoms with van der Waals surface area (Å²) in [5.74, 6) is 0.687. The molecule has 8 heteroatoms. The number of hydrogen-bond acceptors (Lipinski definition) is 5. The maximum atomic E-state index is 12.3. The highest BCUT2D eigenvalue weighted by atomic mass is 35.5. The molecule has 0 aliphatic heterocycles. The van der Waals surface area contributed by atoms with Crippen LogP contribution in [0.3, 0.4) is 0 Å². The topological polar surface area (TPSA) is 68.0 Å². The van der Waals surface area contributed by atoms with Crippen molar-refractivity contribution in [3.05, 3.63) is 45.9 Å². The van der Waals surface area contributed by atoms with Gasteiger partial charge in [-0.15, -0.1) is 47.9 Å². The third kappa shape index (κ3) is 6.69. The molecule has 1 heterocycles. The van der Waals surface area contributed by atoms with Crippen LogP contribution < -0.4 is 11.1 Å². The molecule has 0 spiro atoms. The van der Waals surface area contributed by atoms with Crippen molar-refractivity contribution < 1.29 is 4.79 Å². The highest BCUT2D eigenvalue weighted by Gasteiger charge is 2.13. The average Bonchev–Trinajstić information content (AvgIpc) is 2.90. The van der Waals surface area contributed by atoms with E-state index < -0.39 is 0 Å². The molecule has 0 aliphatic carbocycles. The summed E-state index contributed by atoms with van der Waals surface area (Å²) in [7, 11) is 0. The zero-order valence-electron chi connectivity index (χ0n) is 12.9. The van der Waals surface area contributed by atoms with Crippen LogP contribution in [0, 0.1) is 6.92 Å². The minimum Gasteiger partial charge on any atom is -0.348 e. The highest BCUT2D eigenvalue weighted by Crippen LogP contribution is 2.26. The number of carbonyl (C=O) groups is 1. The van der Waals surface area contributed by atoms with Gasteiger partial charge >= 0.3 is 0 Å². The Kier molecular flexibility index (Phi) is 10.5. The number of halogens is 2. The molecule has 1 amide bonds. The fourth-order valence-corrected chi connectivity index (χ4v) is 3.43. The summed E-state index contributed by atoms with van der Waals surface area (Å²) in [6, 6.07) is 7.59. The van der Waals surface area contributed by atoms with Gasteiger partial charge in [-0.1, -0.05) is 12.1 Å². The van der Waals surface area contributed by atoms with E-state index in [0.29, 0.717) is 12.1 Å².